The lowest BCUT2D eigenvalue weighted by Gasteiger charge is -2.48. The van der Waals surface area contributed by atoms with Gasteiger partial charge in [-0.1, -0.05) is 18.2 Å². The van der Waals surface area contributed by atoms with E-state index in [1.165, 1.54) is 4.90 Å². The molecule has 12 heteroatoms. The number of carbonyl (C=O) groups is 1. The van der Waals surface area contributed by atoms with Crippen molar-refractivity contribution >= 4 is 23.7 Å². The van der Waals surface area contributed by atoms with Gasteiger partial charge < -0.3 is 41.7 Å². The molecular weight excluding hydrogens is 382 g/mol. The molecular formula is C17H23N7O5. The number of amides is 1. The van der Waals surface area contributed by atoms with Crippen molar-refractivity contribution in [2.75, 3.05) is 11.9 Å². The molecule has 3 heterocycles. The molecule has 1 spiro atoms. The minimum Gasteiger partial charge on any atom is -0.438 e. The molecule has 9 N–H and O–H groups in total. The van der Waals surface area contributed by atoms with E-state index in [9.17, 15) is 20.1 Å². The van der Waals surface area contributed by atoms with Crippen LogP contribution in [0.2, 0.25) is 0 Å². The Bertz CT molecular complexity index is 876. The van der Waals surface area contributed by atoms with E-state index >= 15 is 0 Å². The smallest absolute Gasteiger partial charge is 0.412 e. The fraction of sp³-hybridized carbons (Fsp3) is 0.471. The van der Waals surface area contributed by atoms with Crippen LogP contribution in [-0.4, -0.2) is 80.5 Å². The number of aliphatic imine (C=N–C) groups is 2. The van der Waals surface area contributed by atoms with Gasteiger partial charge in [-0.25, -0.2) is 14.8 Å². The second-order valence-electron chi connectivity index (χ2n) is 7.24. The van der Waals surface area contributed by atoms with Crippen molar-refractivity contribution in [1.82, 2.24) is 10.2 Å². The van der Waals surface area contributed by atoms with Crippen molar-refractivity contribution in [2.45, 2.75) is 42.6 Å². The first-order valence-corrected chi connectivity index (χ1v) is 9.04. The maximum Gasteiger partial charge on any atom is 0.412 e. The summed E-state index contributed by atoms with van der Waals surface area (Å²) in [6.45, 7) is 1.16. The molecule has 29 heavy (non-hydrogen) atoms. The first kappa shape index (κ1) is 19.2. The third-order valence-electron chi connectivity index (χ3n) is 5.56. The topological polar surface area (TPSA) is 191 Å². The van der Waals surface area contributed by atoms with Gasteiger partial charge in [-0.3, -0.25) is 5.32 Å². The largest absolute Gasteiger partial charge is 0.438 e. The maximum absolute atomic E-state index is 12.4. The molecule has 0 aliphatic carbocycles. The van der Waals surface area contributed by atoms with Gasteiger partial charge in [0, 0.05) is 5.69 Å². The van der Waals surface area contributed by atoms with E-state index in [1.54, 1.807) is 37.3 Å². The Hall–Kier alpha value is -3.09. The van der Waals surface area contributed by atoms with Crippen LogP contribution < -0.4 is 22.1 Å². The molecule has 1 saturated heterocycles. The number of nitrogens with one attached hydrogen (secondary N) is 2. The lowest BCUT2D eigenvalue weighted by Crippen LogP contribution is -2.77. The fourth-order valence-electron chi connectivity index (χ4n) is 4.41. The van der Waals surface area contributed by atoms with Crippen LogP contribution in [0.1, 0.15) is 6.92 Å². The molecule has 1 aromatic rings. The predicted octanol–water partition coefficient (Wildman–Crippen LogP) is -2.34. The second-order valence-corrected chi connectivity index (χ2v) is 7.24. The Morgan fingerprint density at radius 1 is 1.31 bits per heavy atom. The molecule has 1 fully saturated rings. The lowest BCUT2D eigenvalue weighted by atomic mass is 9.86. The van der Waals surface area contributed by atoms with Crippen LogP contribution in [0, 0.1) is 0 Å². The summed E-state index contributed by atoms with van der Waals surface area (Å²) >= 11 is 0. The minimum absolute atomic E-state index is 0.0627. The van der Waals surface area contributed by atoms with Crippen LogP contribution >= 0.6 is 0 Å². The van der Waals surface area contributed by atoms with Gasteiger partial charge in [0.15, 0.2) is 23.7 Å². The summed E-state index contributed by atoms with van der Waals surface area (Å²) in [5, 5.41) is 37.3. The van der Waals surface area contributed by atoms with Crippen LogP contribution in [0.3, 0.4) is 0 Å². The summed E-state index contributed by atoms with van der Waals surface area (Å²) in [4.78, 5) is 22.2. The Morgan fingerprint density at radius 2 is 2.00 bits per heavy atom. The SMILES string of the molecule is C[C@H]1[C@H](OC(=O)Nc2ccccc2)C(O)(O)[C@]23NC(N)=N[C@H]2[C@H](CO)N=C(N)N13. The number of nitrogens with two attached hydrogens (primary N) is 2. The normalized spacial score (nSPS) is 34.4. The van der Waals surface area contributed by atoms with E-state index in [0.29, 0.717) is 5.69 Å². The van der Waals surface area contributed by atoms with Crippen LogP contribution in [0.15, 0.2) is 40.3 Å². The Morgan fingerprint density at radius 3 is 2.66 bits per heavy atom. The van der Waals surface area contributed by atoms with Crippen molar-refractivity contribution in [3.05, 3.63) is 30.3 Å². The summed E-state index contributed by atoms with van der Waals surface area (Å²) in [7, 11) is 0. The number of ether oxygens (including phenoxy) is 1. The van der Waals surface area contributed by atoms with Gasteiger partial charge in [-0.15, -0.1) is 0 Å². The van der Waals surface area contributed by atoms with Gasteiger partial charge in [0.05, 0.1) is 12.6 Å². The van der Waals surface area contributed by atoms with Crippen LogP contribution in [-0.2, 0) is 4.74 Å². The molecule has 3 aliphatic rings. The van der Waals surface area contributed by atoms with Gasteiger partial charge in [0.2, 0.25) is 5.79 Å². The number of aliphatic hydroxyl groups excluding tert-OH is 1. The van der Waals surface area contributed by atoms with E-state index < -0.39 is 48.4 Å². The zero-order valence-corrected chi connectivity index (χ0v) is 15.6. The summed E-state index contributed by atoms with van der Waals surface area (Å²) in [6.07, 6.45) is -2.32. The molecule has 0 bridgehead atoms. The molecule has 0 radical (unpaired) electrons. The number of para-hydroxylation sites is 1. The molecule has 3 aliphatic heterocycles. The Kier molecular flexibility index (Phi) is 4.29. The first-order valence-electron chi connectivity index (χ1n) is 9.04. The number of aliphatic hydroxyl groups is 3. The standard InChI is InChI=1S/C17H23N7O5/c1-8-12(29-15(26)20-9-5-3-2-4-6-9)17(27,28)16-11(22-13(18)23-16)10(7-25)21-14(19)24(8)16/h2-6,8,10-12,25,27-28H,7H2,1H3,(H2,19,21)(H,20,26)(H3,18,22,23)/t8-,10-,11-,12-,16-/m0/s1. The van der Waals surface area contributed by atoms with E-state index in [-0.39, 0.29) is 11.9 Å². The Labute approximate surface area is 165 Å². The second kappa shape index (κ2) is 6.47. The van der Waals surface area contributed by atoms with Gasteiger partial charge in [0.1, 0.15) is 12.1 Å². The molecule has 156 valence electrons. The highest BCUT2D eigenvalue weighted by Gasteiger charge is 2.76. The first-order chi connectivity index (χ1) is 13.7. The number of anilines is 1. The zero-order chi connectivity index (χ0) is 21.0. The van der Waals surface area contributed by atoms with Gasteiger partial charge in [-0.05, 0) is 19.1 Å². The number of hydrogen-bond donors (Lipinski definition) is 7. The molecule has 0 aromatic heterocycles. The molecule has 0 saturated carbocycles. The van der Waals surface area contributed by atoms with Gasteiger partial charge >= 0.3 is 6.09 Å². The highest BCUT2D eigenvalue weighted by molar-refractivity contribution is 5.88. The summed E-state index contributed by atoms with van der Waals surface area (Å²) in [5.41, 5.74) is 10.6. The molecule has 0 unspecified atom stereocenters. The lowest BCUT2D eigenvalue weighted by molar-refractivity contribution is -0.256. The van der Waals surface area contributed by atoms with Crippen molar-refractivity contribution < 1.29 is 24.9 Å². The van der Waals surface area contributed by atoms with E-state index in [1.807, 2.05) is 0 Å². The summed E-state index contributed by atoms with van der Waals surface area (Å²) in [5.74, 6) is -2.80. The number of rotatable bonds is 3. The highest BCUT2D eigenvalue weighted by Crippen LogP contribution is 2.48. The number of carbonyl (C=O) groups excluding carboxylic acids is 1. The average molecular weight is 405 g/mol. The highest BCUT2D eigenvalue weighted by atomic mass is 16.6. The van der Waals surface area contributed by atoms with Crippen molar-refractivity contribution in [2.24, 2.45) is 21.5 Å². The molecule has 4 rings (SSSR count). The van der Waals surface area contributed by atoms with E-state index in [0.717, 1.165) is 0 Å². The maximum atomic E-state index is 12.4. The number of nitrogens with zero attached hydrogens (tertiary/aromatic N) is 3. The van der Waals surface area contributed by atoms with E-state index in [4.69, 9.17) is 16.2 Å². The van der Waals surface area contributed by atoms with Crippen LogP contribution in [0.4, 0.5) is 10.5 Å². The summed E-state index contributed by atoms with van der Waals surface area (Å²) < 4.78 is 5.39. The third-order valence-corrected chi connectivity index (χ3v) is 5.56. The van der Waals surface area contributed by atoms with Crippen molar-refractivity contribution in [3.63, 3.8) is 0 Å². The van der Waals surface area contributed by atoms with Crippen LogP contribution in [0.25, 0.3) is 0 Å². The molecule has 12 nitrogen and oxygen atoms in total. The molecule has 5 atom stereocenters. The van der Waals surface area contributed by atoms with Crippen LogP contribution in [0.5, 0.6) is 0 Å². The number of benzene rings is 1. The fourth-order valence-corrected chi connectivity index (χ4v) is 4.41. The minimum atomic E-state index is -2.66. The summed E-state index contributed by atoms with van der Waals surface area (Å²) in [6, 6.07) is 5.94. The zero-order valence-electron chi connectivity index (χ0n) is 15.6. The number of guanidine groups is 2. The third kappa shape index (κ3) is 2.60. The van der Waals surface area contributed by atoms with Gasteiger partial charge in [-0.2, -0.15) is 0 Å². The molecule has 1 aromatic carbocycles. The Balaban J connectivity index is 1.67. The average Bonchev–Trinajstić information content (AvgIpc) is 3.10. The van der Waals surface area contributed by atoms with Crippen molar-refractivity contribution in [3.8, 4) is 0 Å². The van der Waals surface area contributed by atoms with Crippen molar-refractivity contribution in [1.29, 1.82) is 0 Å². The quantitative estimate of drug-likeness (QED) is 0.270. The molecule has 1 amide bonds. The predicted molar refractivity (Wildman–Crippen MR) is 103 cm³/mol. The number of hydrogen-bond acceptors (Lipinski definition) is 11. The van der Waals surface area contributed by atoms with Gasteiger partial charge in [0.25, 0.3) is 0 Å². The van der Waals surface area contributed by atoms with E-state index in [2.05, 4.69) is 20.6 Å². The monoisotopic (exact) mass is 405 g/mol.